The Labute approximate surface area is 85.0 Å². The standard InChI is InChI=1S/C11H17NO2/c1-10-5-3-4-6-11(10)9-12-14-8-7-13-2/h3-6,12H,7-9H2,1-2H3. The Morgan fingerprint density at radius 1 is 1.21 bits per heavy atom. The third kappa shape index (κ3) is 3.87. The van der Waals surface area contributed by atoms with Crippen molar-refractivity contribution in [1.82, 2.24) is 5.48 Å². The van der Waals surface area contributed by atoms with Crippen LogP contribution in [0.1, 0.15) is 11.1 Å². The smallest absolute Gasteiger partial charge is 0.0916 e. The average molecular weight is 195 g/mol. The van der Waals surface area contributed by atoms with Crippen molar-refractivity contribution in [3.63, 3.8) is 0 Å². The molecular weight excluding hydrogens is 178 g/mol. The normalized spacial score (nSPS) is 10.4. The molecule has 0 aliphatic rings. The Kier molecular flexibility index (Phi) is 5.22. The molecule has 0 bridgehead atoms. The molecule has 0 unspecified atom stereocenters. The van der Waals surface area contributed by atoms with Crippen LogP contribution in [0.25, 0.3) is 0 Å². The van der Waals surface area contributed by atoms with Crippen LogP contribution in [0.4, 0.5) is 0 Å². The van der Waals surface area contributed by atoms with Crippen LogP contribution in [0.5, 0.6) is 0 Å². The van der Waals surface area contributed by atoms with Gasteiger partial charge in [-0.2, -0.15) is 5.48 Å². The summed E-state index contributed by atoms with van der Waals surface area (Å²) in [7, 11) is 1.66. The highest BCUT2D eigenvalue weighted by molar-refractivity contribution is 5.24. The van der Waals surface area contributed by atoms with Crippen molar-refractivity contribution >= 4 is 0 Å². The molecule has 0 heterocycles. The lowest BCUT2D eigenvalue weighted by molar-refractivity contribution is 0.00339. The zero-order valence-corrected chi connectivity index (χ0v) is 8.75. The first kappa shape index (κ1) is 11.2. The quantitative estimate of drug-likeness (QED) is 0.553. The van der Waals surface area contributed by atoms with Crippen molar-refractivity contribution in [3.8, 4) is 0 Å². The number of hydrogen-bond acceptors (Lipinski definition) is 3. The molecule has 0 spiro atoms. The molecule has 3 nitrogen and oxygen atoms in total. The van der Waals surface area contributed by atoms with E-state index in [1.54, 1.807) is 7.11 Å². The number of nitrogens with one attached hydrogen (secondary N) is 1. The highest BCUT2D eigenvalue weighted by Crippen LogP contribution is 2.05. The molecule has 0 aliphatic carbocycles. The van der Waals surface area contributed by atoms with E-state index in [0.717, 1.165) is 6.54 Å². The van der Waals surface area contributed by atoms with Crippen molar-refractivity contribution in [3.05, 3.63) is 35.4 Å². The van der Waals surface area contributed by atoms with Crippen LogP contribution in [-0.2, 0) is 16.1 Å². The monoisotopic (exact) mass is 195 g/mol. The van der Waals surface area contributed by atoms with Gasteiger partial charge >= 0.3 is 0 Å². The molecule has 78 valence electrons. The molecule has 0 aliphatic heterocycles. The molecule has 0 saturated heterocycles. The van der Waals surface area contributed by atoms with Gasteiger partial charge in [-0.15, -0.1) is 0 Å². The summed E-state index contributed by atoms with van der Waals surface area (Å²) in [6, 6.07) is 8.23. The van der Waals surface area contributed by atoms with Crippen LogP contribution < -0.4 is 5.48 Å². The maximum atomic E-state index is 5.16. The summed E-state index contributed by atoms with van der Waals surface area (Å²) in [6.07, 6.45) is 0. The van der Waals surface area contributed by atoms with Gasteiger partial charge in [-0.1, -0.05) is 24.3 Å². The van der Waals surface area contributed by atoms with E-state index in [1.807, 2.05) is 12.1 Å². The Hall–Kier alpha value is -0.900. The predicted molar refractivity (Wildman–Crippen MR) is 55.8 cm³/mol. The van der Waals surface area contributed by atoms with Crippen molar-refractivity contribution in [2.24, 2.45) is 0 Å². The molecule has 0 fully saturated rings. The molecule has 0 aromatic heterocycles. The second-order valence-electron chi connectivity index (χ2n) is 3.09. The molecule has 0 atom stereocenters. The van der Waals surface area contributed by atoms with Gasteiger partial charge in [0.25, 0.3) is 0 Å². The predicted octanol–water partition coefficient (Wildman–Crippen LogP) is 1.66. The molecule has 1 rings (SSSR count). The Morgan fingerprint density at radius 3 is 2.71 bits per heavy atom. The van der Waals surface area contributed by atoms with Gasteiger partial charge in [-0.3, -0.25) is 4.84 Å². The van der Waals surface area contributed by atoms with Crippen LogP contribution in [0.3, 0.4) is 0 Å². The minimum Gasteiger partial charge on any atom is -0.382 e. The number of aryl methyl sites for hydroxylation is 1. The first-order valence-corrected chi connectivity index (χ1v) is 4.72. The van der Waals surface area contributed by atoms with Gasteiger partial charge in [0, 0.05) is 13.7 Å². The topological polar surface area (TPSA) is 30.5 Å². The van der Waals surface area contributed by atoms with Gasteiger partial charge < -0.3 is 4.74 Å². The zero-order valence-electron chi connectivity index (χ0n) is 8.75. The highest BCUT2D eigenvalue weighted by atomic mass is 16.7. The lowest BCUT2D eigenvalue weighted by Crippen LogP contribution is -2.17. The summed E-state index contributed by atoms with van der Waals surface area (Å²) in [5.74, 6) is 0. The summed E-state index contributed by atoms with van der Waals surface area (Å²) in [5.41, 5.74) is 5.43. The number of methoxy groups -OCH3 is 1. The van der Waals surface area contributed by atoms with E-state index in [0.29, 0.717) is 13.2 Å². The summed E-state index contributed by atoms with van der Waals surface area (Å²) in [4.78, 5) is 5.16. The van der Waals surface area contributed by atoms with Crippen molar-refractivity contribution in [1.29, 1.82) is 0 Å². The SMILES string of the molecule is COCCONCc1ccccc1C. The fraction of sp³-hybridized carbons (Fsp3) is 0.455. The van der Waals surface area contributed by atoms with E-state index in [-0.39, 0.29) is 0 Å². The van der Waals surface area contributed by atoms with E-state index >= 15 is 0 Å². The molecule has 3 heteroatoms. The third-order valence-corrected chi connectivity index (χ3v) is 2.02. The second kappa shape index (κ2) is 6.54. The van der Waals surface area contributed by atoms with Crippen LogP contribution >= 0.6 is 0 Å². The van der Waals surface area contributed by atoms with Gasteiger partial charge in [-0.05, 0) is 18.1 Å². The number of hydroxylamine groups is 1. The van der Waals surface area contributed by atoms with E-state index in [4.69, 9.17) is 9.57 Å². The number of hydrogen-bond donors (Lipinski definition) is 1. The summed E-state index contributed by atoms with van der Waals surface area (Å²) >= 11 is 0. The van der Waals surface area contributed by atoms with Gasteiger partial charge in [0.2, 0.25) is 0 Å². The fourth-order valence-corrected chi connectivity index (χ4v) is 1.13. The third-order valence-electron chi connectivity index (χ3n) is 2.02. The number of benzene rings is 1. The summed E-state index contributed by atoms with van der Waals surface area (Å²) in [6.45, 7) is 4.01. The highest BCUT2D eigenvalue weighted by Gasteiger charge is 1.95. The van der Waals surface area contributed by atoms with E-state index in [2.05, 4.69) is 24.5 Å². The van der Waals surface area contributed by atoms with Crippen LogP contribution in [0, 0.1) is 6.92 Å². The molecular formula is C11H17NO2. The minimum absolute atomic E-state index is 0.572. The minimum atomic E-state index is 0.572. The summed E-state index contributed by atoms with van der Waals surface area (Å²) < 4.78 is 4.85. The number of rotatable bonds is 6. The average Bonchev–Trinajstić information content (AvgIpc) is 2.20. The molecule has 1 aromatic carbocycles. The first-order chi connectivity index (χ1) is 6.84. The van der Waals surface area contributed by atoms with E-state index in [9.17, 15) is 0 Å². The molecule has 1 N–H and O–H groups in total. The molecule has 14 heavy (non-hydrogen) atoms. The van der Waals surface area contributed by atoms with Gasteiger partial charge in [0.1, 0.15) is 0 Å². The maximum Gasteiger partial charge on any atom is 0.0916 e. The van der Waals surface area contributed by atoms with Gasteiger partial charge in [0.15, 0.2) is 0 Å². The Bertz CT molecular complexity index is 263. The van der Waals surface area contributed by atoms with Crippen LogP contribution in [0.15, 0.2) is 24.3 Å². The van der Waals surface area contributed by atoms with Crippen molar-refractivity contribution < 1.29 is 9.57 Å². The molecule has 0 amide bonds. The van der Waals surface area contributed by atoms with E-state index < -0.39 is 0 Å². The zero-order chi connectivity index (χ0) is 10.2. The fourth-order valence-electron chi connectivity index (χ4n) is 1.13. The van der Waals surface area contributed by atoms with Crippen molar-refractivity contribution in [2.45, 2.75) is 13.5 Å². The second-order valence-corrected chi connectivity index (χ2v) is 3.09. The van der Waals surface area contributed by atoms with Crippen LogP contribution in [0.2, 0.25) is 0 Å². The lowest BCUT2D eigenvalue weighted by atomic mass is 10.1. The maximum absolute atomic E-state index is 5.16. The molecule has 0 saturated carbocycles. The Morgan fingerprint density at radius 2 is 2.00 bits per heavy atom. The first-order valence-electron chi connectivity index (χ1n) is 4.72. The van der Waals surface area contributed by atoms with E-state index in [1.165, 1.54) is 11.1 Å². The molecule has 1 aromatic rings. The Balaban J connectivity index is 2.21. The molecule has 0 radical (unpaired) electrons. The largest absolute Gasteiger partial charge is 0.382 e. The summed E-state index contributed by atoms with van der Waals surface area (Å²) in [5, 5.41) is 0. The lowest BCUT2D eigenvalue weighted by Gasteiger charge is -2.07. The van der Waals surface area contributed by atoms with Crippen LogP contribution in [-0.4, -0.2) is 20.3 Å². The number of ether oxygens (including phenoxy) is 1. The van der Waals surface area contributed by atoms with Gasteiger partial charge in [-0.25, -0.2) is 0 Å². The van der Waals surface area contributed by atoms with Crippen molar-refractivity contribution in [2.75, 3.05) is 20.3 Å². The van der Waals surface area contributed by atoms with Gasteiger partial charge in [0.05, 0.1) is 13.2 Å².